The van der Waals surface area contributed by atoms with Crippen LogP contribution in [0.4, 0.5) is 5.82 Å². The Kier molecular flexibility index (Phi) is 3.01. The smallest absolute Gasteiger partial charge is 0.156 e. The van der Waals surface area contributed by atoms with Crippen molar-refractivity contribution in [3.63, 3.8) is 0 Å². The highest BCUT2D eigenvalue weighted by Crippen LogP contribution is 2.29. The van der Waals surface area contributed by atoms with Crippen molar-refractivity contribution in [1.82, 2.24) is 14.5 Å². The molecule has 3 heterocycles. The van der Waals surface area contributed by atoms with E-state index in [-0.39, 0.29) is 0 Å². The molecule has 1 aliphatic rings. The number of nitrogens with zero attached hydrogens (tertiary/aromatic N) is 4. The molecular formula is C13H17BrN4. The minimum absolute atomic E-state index is 0.622. The van der Waals surface area contributed by atoms with E-state index in [0.29, 0.717) is 10.7 Å². The highest BCUT2D eigenvalue weighted by Gasteiger charge is 2.26. The van der Waals surface area contributed by atoms with E-state index in [1.807, 2.05) is 30.2 Å². The van der Waals surface area contributed by atoms with Crippen LogP contribution in [0.1, 0.15) is 13.3 Å². The van der Waals surface area contributed by atoms with Gasteiger partial charge < -0.3 is 9.47 Å². The predicted molar refractivity (Wildman–Crippen MR) is 77.2 cm³/mol. The Labute approximate surface area is 115 Å². The van der Waals surface area contributed by atoms with Crippen molar-refractivity contribution in [3.05, 3.63) is 18.6 Å². The van der Waals surface area contributed by atoms with Gasteiger partial charge in [-0.2, -0.15) is 0 Å². The largest absolute Gasteiger partial charge is 0.354 e. The third kappa shape index (κ3) is 1.90. The first-order valence-electron chi connectivity index (χ1n) is 6.32. The molecule has 0 saturated carbocycles. The van der Waals surface area contributed by atoms with E-state index >= 15 is 0 Å². The number of alkyl halides is 1. The van der Waals surface area contributed by atoms with Gasteiger partial charge in [0.1, 0.15) is 5.52 Å². The molecule has 1 aliphatic heterocycles. The van der Waals surface area contributed by atoms with E-state index in [9.17, 15) is 0 Å². The van der Waals surface area contributed by atoms with Gasteiger partial charge in [-0.25, -0.2) is 9.97 Å². The summed E-state index contributed by atoms with van der Waals surface area (Å²) >= 11 is 3.74. The van der Waals surface area contributed by atoms with Gasteiger partial charge in [-0.1, -0.05) is 22.9 Å². The zero-order valence-corrected chi connectivity index (χ0v) is 12.3. The zero-order valence-electron chi connectivity index (χ0n) is 10.7. The number of pyridine rings is 1. The zero-order chi connectivity index (χ0) is 12.7. The fourth-order valence-corrected chi connectivity index (χ4v) is 2.96. The third-order valence-corrected chi connectivity index (χ3v) is 5.08. The van der Waals surface area contributed by atoms with E-state index in [4.69, 9.17) is 0 Å². The molecule has 18 heavy (non-hydrogen) atoms. The van der Waals surface area contributed by atoms with Gasteiger partial charge in [0.25, 0.3) is 0 Å². The quantitative estimate of drug-likeness (QED) is 0.759. The first kappa shape index (κ1) is 12.0. The van der Waals surface area contributed by atoms with E-state index in [2.05, 4.69) is 37.7 Å². The first-order valence-corrected chi connectivity index (χ1v) is 7.23. The topological polar surface area (TPSA) is 34.0 Å². The normalized spacial score (nSPS) is 24.7. The minimum atomic E-state index is 0.622. The lowest BCUT2D eigenvalue weighted by Crippen LogP contribution is -2.40. The molecule has 2 aromatic heterocycles. The van der Waals surface area contributed by atoms with Gasteiger partial charge >= 0.3 is 0 Å². The molecular weight excluding hydrogens is 292 g/mol. The van der Waals surface area contributed by atoms with Crippen molar-refractivity contribution < 1.29 is 0 Å². The van der Waals surface area contributed by atoms with Crippen molar-refractivity contribution in [2.24, 2.45) is 13.0 Å². The van der Waals surface area contributed by atoms with Gasteiger partial charge in [0.15, 0.2) is 5.82 Å². The number of aryl methyl sites for hydroxylation is 1. The summed E-state index contributed by atoms with van der Waals surface area (Å²) in [4.78, 5) is 12.0. The summed E-state index contributed by atoms with van der Waals surface area (Å²) in [6.45, 7) is 4.37. The van der Waals surface area contributed by atoms with Gasteiger partial charge in [0.2, 0.25) is 0 Å². The molecule has 0 spiro atoms. The van der Waals surface area contributed by atoms with Crippen LogP contribution in [0.15, 0.2) is 18.6 Å². The summed E-state index contributed by atoms with van der Waals surface area (Å²) in [5.74, 6) is 1.67. The number of halogens is 1. The molecule has 0 bridgehead atoms. The van der Waals surface area contributed by atoms with Crippen LogP contribution in [-0.2, 0) is 7.05 Å². The monoisotopic (exact) mass is 308 g/mol. The van der Waals surface area contributed by atoms with Crippen LogP contribution in [0.25, 0.3) is 11.0 Å². The molecule has 1 saturated heterocycles. The Bertz CT molecular complexity index is 565. The molecule has 0 aromatic carbocycles. The summed E-state index contributed by atoms with van der Waals surface area (Å²) in [5.41, 5.74) is 2.16. The molecule has 4 nitrogen and oxygen atoms in total. The molecule has 2 atom stereocenters. The van der Waals surface area contributed by atoms with Crippen LogP contribution in [0.5, 0.6) is 0 Å². The van der Waals surface area contributed by atoms with Crippen LogP contribution < -0.4 is 4.90 Å². The summed E-state index contributed by atoms with van der Waals surface area (Å²) in [6, 6.07) is 2.02. The Balaban J connectivity index is 1.99. The Morgan fingerprint density at radius 2 is 2.22 bits per heavy atom. The van der Waals surface area contributed by atoms with Crippen molar-refractivity contribution in [3.8, 4) is 0 Å². The van der Waals surface area contributed by atoms with Crippen LogP contribution >= 0.6 is 15.9 Å². The predicted octanol–water partition coefficient (Wildman–Crippen LogP) is 2.58. The molecule has 1 fully saturated rings. The maximum atomic E-state index is 4.54. The fraction of sp³-hybridized carbons (Fsp3) is 0.538. The lowest BCUT2D eigenvalue weighted by molar-refractivity contribution is 0.464. The number of fused-ring (bicyclic) bond motifs is 1. The average Bonchev–Trinajstić information content (AvgIpc) is 2.75. The van der Waals surface area contributed by atoms with Gasteiger partial charge in [-0.15, -0.1) is 0 Å². The van der Waals surface area contributed by atoms with Crippen LogP contribution in [-0.4, -0.2) is 32.5 Å². The molecule has 0 aliphatic carbocycles. The maximum Gasteiger partial charge on any atom is 0.156 e. The molecule has 0 radical (unpaired) electrons. The first-order chi connectivity index (χ1) is 8.66. The number of piperidine rings is 1. The highest BCUT2D eigenvalue weighted by molar-refractivity contribution is 9.09. The van der Waals surface area contributed by atoms with Crippen molar-refractivity contribution in [2.75, 3.05) is 18.0 Å². The van der Waals surface area contributed by atoms with E-state index in [1.54, 1.807) is 0 Å². The molecule has 3 rings (SSSR count). The number of anilines is 1. The van der Waals surface area contributed by atoms with Crippen LogP contribution in [0.2, 0.25) is 0 Å². The molecule has 0 amide bonds. The Morgan fingerprint density at radius 3 is 3.00 bits per heavy atom. The van der Waals surface area contributed by atoms with Crippen molar-refractivity contribution >= 4 is 32.8 Å². The molecule has 0 N–H and O–H groups in total. The SMILES string of the molecule is CC1CN(c2nccc3c2ncn3C)CCC1Br. The van der Waals surface area contributed by atoms with Crippen LogP contribution in [0.3, 0.4) is 0 Å². The fourth-order valence-electron chi connectivity index (χ4n) is 2.59. The van der Waals surface area contributed by atoms with Gasteiger partial charge in [-0.05, 0) is 18.4 Å². The maximum absolute atomic E-state index is 4.54. The average molecular weight is 309 g/mol. The van der Waals surface area contributed by atoms with Gasteiger partial charge in [-0.3, -0.25) is 0 Å². The van der Waals surface area contributed by atoms with Crippen LogP contribution in [0, 0.1) is 5.92 Å². The van der Waals surface area contributed by atoms with Crippen molar-refractivity contribution in [2.45, 2.75) is 18.2 Å². The number of aromatic nitrogens is 3. The van der Waals surface area contributed by atoms with E-state index in [0.717, 1.165) is 36.4 Å². The second-order valence-electron chi connectivity index (χ2n) is 5.09. The Morgan fingerprint density at radius 1 is 1.39 bits per heavy atom. The molecule has 5 heteroatoms. The van der Waals surface area contributed by atoms with Crippen molar-refractivity contribution in [1.29, 1.82) is 0 Å². The summed E-state index contributed by atoms with van der Waals surface area (Å²) in [7, 11) is 2.02. The standard InChI is InChI=1S/C13H17BrN4/c1-9-7-18(6-4-10(9)14)13-12-11(3-5-15-13)17(2)8-16-12/h3,5,8-10H,4,6-7H2,1-2H3. The number of rotatable bonds is 1. The Hall–Kier alpha value is -1.10. The number of imidazole rings is 1. The van der Waals surface area contributed by atoms with Gasteiger partial charge in [0, 0.05) is 31.2 Å². The summed E-state index contributed by atoms with van der Waals surface area (Å²) in [6.07, 6.45) is 4.90. The third-order valence-electron chi connectivity index (χ3n) is 3.72. The lowest BCUT2D eigenvalue weighted by atomic mass is 10.00. The molecule has 2 unspecified atom stereocenters. The number of hydrogen-bond acceptors (Lipinski definition) is 3. The lowest BCUT2D eigenvalue weighted by Gasteiger charge is -2.35. The van der Waals surface area contributed by atoms with E-state index in [1.165, 1.54) is 0 Å². The van der Waals surface area contributed by atoms with E-state index < -0.39 is 0 Å². The highest BCUT2D eigenvalue weighted by atomic mass is 79.9. The minimum Gasteiger partial charge on any atom is -0.354 e. The molecule has 2 aromatic rings. The molecule has 96 valence electrons. The van der Waals surface area contributed by atoms with Gasteiger partial charge in [0.05, 0.1) is 11.8 Å². The summed E-state index contributed by atoms with van der Waals surface area (Å²) < 4.78 is 2.04. The second kappa shape index (κ2) is 4.53. The second-order valence-corrected chi connectivity index (χ2v) is 6.26. The number of hydrogen-bond donors (Lipinski definition) is 0. The summed E-state index contributed by atoms with van der Waals surface area (Å²) in [5, 5.41) is 0.